The van der Waals surface area contributed by atoms with E-state index >= 15 is 0 Å². The third kappa shape index (κ3) is 4.14. The van der Waals surface area contributed by atoms with Gasteiger partial charge < -0.3 is 15.5 Å². The molecule has 1 aromatic rings. The summed E-state index contributed by atoms with van der Waals surface area (Å²) in [6.07, 6.45) is 0. The van der Waals surface area contributed by atoms with Crippen molar-refractivity contribution in [2.45, 2.75) is 13.8 Å². The molecule has 1 heterocycles. The van der Waals surface area contributed by atoms with E-state index in [0.29, 0.717) is 17.8 Å². The van der Waals surface area contributed by atoms with Crippen LogP contribution in [0.4, 0.5) is 10.5 Å². The average Bonchev–Trinajstić information content (AvgIpc) is 2.50. The van der Waals surface area contributed by atoms with Gasteiger partial charge in [-0.1, -0.05) is 6.07 Å². The van der Waals surface area contributed by atoms with Crippen molar-refractivity contribution in [2.24, 2.45) is 0 Å². The predicted molar refractivity (Wildman–Crippen MR) is 87.1 cm³/mol. The summed E-state index contributed by atoms with van der Waals surface area (Å²) in [7, 11) is 0. The number of benzene rings is 1. The summed E-state index contributed by atoms with van der Waals surface area (Å²) in [6.45, 7) is 5.92. The highest BCUT2D eigenvalue weighted by Gasteiger charge is 2.17. The van der Waals surface area contributed by atoms with E-state index < -0.39 is 0 Å². The molecule has 1 saturated heterocycles. The van der Waals surface area contributed by atoms with E-state index in [9.17, 15) is 9.59 Å². The number of thioether (sulfide) groups is 1. The van der Waals surface area contributed by atoms with Crippen molar-refractivity contribution >= 4 is 29.4 Å². The topological polar surface area (TPSA) is 61.4 Å². The quantitative estimate of drug-likeness (QED) is 0.901. The molecule has 1 fully saturated rings. The van der Waals surface area contributed by atoms with Crippen LogP contribution in [0.5, 0.6) is 0 Å². The van der Waals surface area contributed by atoms with E-state index in [1.807, 2.05) is 36.6 Å². The summed E-state index contributed by atoms with van der Waals surface area (Å²) in [4.78, 5) is 25.9. The summed E-state index contributed by atoms with van der Waals surface area (Å²) in [5.41, 5.74) is 2.21. The number of urea groups is 1. The van der Waals surface area contributed by atoms with Crippen LogP contribution >= 0.6 is 11.8 Å². The van der Waals surface area contributed by atoms with Gasteiger partial charge in [0.1, 0.15) is 0 Å². The molecule has 1 aliphatic heterocycles. The van der Waals surface area contributed by atoms with Crippen LogP contribution in [0.2, 0.25) is 0 Å². The van der Waals surface area contributed by atoms with Gasteiger partial charge >= 0.3 is 6.03 Å². The second-order valence-corrected chi connectivity index (χ2v) is 6.14. The molecule has 0 atom stereocenters. The van der Waals surface area contributed by atoms with Crippen molar-refractivity contribution in [3.8, 4) is 0 Å². The van der Waals surface area contributed by atoms with Crippen molar-refractivity contribution in [3.63, 3.8) is 0 Å². The van der Waals surface area contributed by atoms with Crippen LogP contribution in [-0.4, -0.2) is 48.0 Å². The van der Waals surface area contributed by atoms with Crippen LogP contribution in [0, 0.1) is 6.92 Å². The number of amides is 3. The number of carbonyl (C=O) groups is 2. The van der Waals surface area contributed by atoms with E-state index in [1.54, 1.807) is 12.1 Å². The summed E-state index contributed by atoms with van der Waals surface area (Å²) in [5.74, 6) is 1.83. The number of aryl methyl sites for hydroxylation is 1. The predicted octanol–water partition coefficient (Wildman–Crippen LogP) is 2.33. The Hall–Kier alpha value is -1.69. The minimum atomic E-state index is -0.123. The highest BCUT2D eigenvalue weighted by Crippen LogP contribution is 2.18. The Balaban J connectivity index is 2.09. The van der Waals surface area contributed by atoms with E-state index in [1.165, 1.54) is 0 Å². The Bertz CT molecular complexity index is 528. The molecule has 2 rings (SSSR count). The molecular weight excluding hydrogens is 286 g/mol. The number of carbonyl (C=O) groups excluding carboxylic acids is 2. The molecule has 0 spiro atoms. The van der Waals surface area contributed by atoms with E-state index in [2.05, 4.69) is 10.6 Å². The second kappa shape index (κ2) is 7.36. The Labute approximate surface area is 129 Å². The second-order valence-electron chi connectivity index (χ2n) is 4.92. The highest BCUT2D eigenvalue weighted by atomic mass is 32.2. The zero-order valence-corrected chi connectivity index (χ0v) is 13.3. The van der Waals surface area contributed by atoms with Crippen molar-refractivity contribution in [1.29, 1.82) is 0 Å². The van der Waals surface area contributed by atoms with Gasteiger partial charge in [0.2, 0.25) is 0 Å². The highest BCUT2D eigenvalue weighted by molar-refractivity contribution is 7.99. The number of nitrogens with zero attached hydrogens (tertiary/aromatic N) is 1. The van der Waals surface area contributed by atoms with E-state index in [-0.39, 0.29) is 11.9 Å². The first-order valence-electron chi connectivity index (χ1n) is 7.14. The molecular formula is C15H21N3O2S. The van der Waals surface area contributed by atoms with Gasteiger partial charge in [0, 0.05) is 42.4 Å². The zero-order valence-electron chi connectivity index (χ0n) is 12.4. The van der Waals surface area contributed by atoms with Crippen molar-refractivity contribution in [1.82, 2.24) is 10.2 Å². The molecule has 1 aliphatic rings. The molecule has 6 heteroatoms. The maximum Gasteiger partial charge on any atom is 0.321 e. The summed E-state index contributed by atoms with van der Waals surface area (Å²) >= 11 is 1.86. The lowest BCUT2D eigenvalue weighted by Gasteiger charge is -2.27. The maximum absolute atomic E-state index is 12.2. The summed E-state index contributed by atoms with van der Waals surface area (Å²) < 4.78 is 0. The van der Waals surface area contributed by atoms with Gasteiger partial charge in [-0.25, -0.2) is 4.79 Å². The Morgan fingerprint density at radius 1 is 1.29 bits per heavy atom. The van der Waals surface area contributed by atoms with Gasteiger partial charge in [-0.2, -0.15) is 11.8 Å². The smallest absolute Gasteiger partial charge is 0.321 e. The standard InChI is InChI=1S/C15H21N3O2S/c1-3-16-14(19)12-5-4-11(2)13(10-12)17-15(20)18-6-8-21-9-7-18/h4-5,10H,3,6-9H2,1-2H3,(H,16,19)(H,17,20). The SMILES string of the molecule is CCNC(=O)c1ccc(C)c(NC(=O)N2CCSCC2)c1. The molecule has 2 N–H and O–H groups in total. The molecule has 0 bridgehead atoms. The number of rotatable bonds is 3. The first kappa shape index (κ1) is 15.7. The zero-order chi connectivity index (χ0) is 15.2. The van der Waals surface area contributed by atoms with E-state index in [0.717, 1.165) is 30.2 Å². The fourth-order valence-corrected chi connectivity index (χ4v) is 3.02. The van der Waals surface area contributed by atoms with Crippen LogP contribution < -0.4 is 10.6 Å². The molecule has 0 aliphatic carbocycles. The van der Waals surface area contributed by atoms with Crippen molar-refractivity contribution in [2.75, 3.05) is 36.5 Å². The molecule has 1 aromatic carbocycles. The molecule has 114 valence electrons. The fourth-order valence-electron chi connectivity index (χ4n) is 2.12. The van der Waals surface area contributed by atoms with Gasteiger partial charge in [-0.05, 0) is 31.5 Å². The van der Waals surface area contributed by atoms with Crippen LogP contribution in [0.25, 0.3) is 0 Å². The molecule has 0 radical (unpaired) electrons. The summed E-state index contributed by atoms with van der Waals surface area (Å²) in [6, 6.07) is 5.27. The number of nitrogens with one attached hydrogen (secondary N) is 2. The van der Waals surface area contributed by atoms with Crippen molar-refractivity contribution < 1.29 is 9.59 Å². The Kier molecular flexibility index (Phi) is 5.50. The fraction of sp³-hybridized carbons (Fsp3) is 0.467. The third-order valence-corrected chi connectivity index (χ3v) is 4.32. The molecule has 21 heavy (non-hydrogen) atoms. The van der Waals surface area contributed by atoms with Crippen LogP contribution in [-0.2, 0) is 0 Å². The van der Waals surface area contributed by atoms with Crippen molar-refractivity contribution in [3.05, 3.63) is 29.3 Å². The molecule has 0 unspecified atom stereocenters. The lowest BCUT2D eigenvalue weighted by atomic mass is 10.1. The minimum Gasteiger partial charge on any atom is -0.352 e. The lowest BCUT2D eigenvalue weighted by molar-refractivity contribution is 0.0956. The Morgan fingerprint density at radius 3 is 2.67 bits per heavy atom. The minimum absolute atomic E-state index is 0.0913. The lowest BCUT2D eigenvalue weighted by Crippen LogP contribution is -2.40. The third-order valence-electron chi connectivity index (χ3n) is 3.38. The van der Waals surface area contributed by atoms with Gasteiger partial charge in [-0.15, -0.1) is 0 Å². The largest absolute Gasteiger partial charge is 0.352 e. The molecule has 5 nitrogen and oxygen atoms in total. The van der Waals surface area contributed by atoms with Gasteiger partial charge in [0.05, 0.1) is 0 Å². The average molecular weight is 307 g/mol. The monoisotopic (exact) mass is 307 g/mol. The molecule has 0 saturated carbocycles. The van der Waals surface area contributed by atoms with Gasteiger partial charge in [0.25, 0.3) is 5.91 Å². The molecule has 3 amide bonds. The van der Waals surface area contributed by atoms with E-state index in [4.69, 9.17) is 0 Å². The van der Waals surface area contributed by atoms with Crippen LogP contribution in [0.1, 0.15) is 22.8 Å². The number of hydrogen-bond donors (Lipinski definition) is 2. The Morgan fingerprint density at radius 2 is 2.00 bits per heavy atom. The number of hydrogen-bond acceptors (Lipinski definition) is 3. The maximum atomic E-state index is 12.2. The normalized spacial score (nSPS) is 14.7. The van der Waals surface area contributed by atoms with Gasteiger partial charge in [0.15, 0.2) is 0 Å². The van der Waals surface area contributed by atoms with Crippen LogP contribution in [0.3, 0.4) is 0 Å². The summed E-state index contributed by atoms with van der Waals surface area (Å²) in [5, 5.41) is 5.68. The van der Waals surface area contributed by atoms with Crippen LogP contribution in [0.15, 0.2) is 18.2 Å². The van der Waals surface area contributed by atoms with Gasteiger partial charge in [-0.3, -0.25) is 4.79 Å². The first-order chi connectivity index (χ1) is 10.1. The number of anilines is 1. The molecule has 0 aromatic heterocycles. The first-order valence-corrected chi connectivity index (χ1v) is 8.30.